The van der Waals surface area contributed by atoms with Crippen LogP contribution in [0.3, 0.4) is 0 Å². The van der Waals surface area contributed by atoms with Gasteiger partial charge < -0.3 is 69.1 Å². The maximum Gasteiger partial charge on any atom is 0.307 e. The first kappa shape index (κ1) is 98.9. The lowest BCUT2D eigenvalue weighted by Crippen LogP contribution is -2.48. The van der Waals surface area contributed by atoms with Crippen LogP contribution in [0.4, 0.5) is 0 Å². The third-order valence-electron chi connectivity index (χ3n) is 16.7. The highest BCUT2D eigenvalue weighted by molar-refractivity contribution is 5.98. The average Bonchev–Trinajstić information content (AvgIpc) is 0.862. The molecule has 32 heteroatoms. The van der Waals surface area contributed by atoms with Crippen LogP contribution in [-0.2, 0) is 123 Å². The number of aliphatic carboxylic acids is 1. The van der Waals surface area contributed by atoms with Crippen LogP contribution in [0, 0.1) is 35.5 Å². The van der Waals surface area contributed by atoms with Crippen molar-refractivity contribution in [1.82, 2.24) is 32.2 Å². The van der Waals surface area contributed by atoms with Gasteiger partial charge >= 0.3 is 23.9 Å². The molecule has 110 heavy (non-hydrogen) atoms. The van der Waals surface area contributed by atoms with Gasteiger partial charge in [-0.05, 0) is 109 Å². The van der Waals surface area contributed by atoms with Crippen LogP contribution >= 0.6 is 0 Å². The quantitative estimate of drug-likeness (QED) is 0.0117. The second-order valence-corrected chi connectivity index (χ2v) is 28.7. The number of carboxylic acids is 1. The molecule has 9 N–H and O–H groups in total. The summed E-state index contributed by atoms with van der Waals surface area (Å²) in [5, 5.41) is 37.6. The lowest BCUT2D eigenvalue weighted by atomic mass is 9.89. The summed E-state index contributed by atoms with van der Waals surface area (Å²) in [6, 6.07) is 13.5. The summed E-state index contributed by atoms with van der Waals surface area (Å²) in [6.07, 6.45) is -3.55. The molecule has 0 saturated heterocycles. The zero-order valence-corrected chi connectivity index (χ0v) is 65.6. The Balaban J connectivity index is 0.00000115. The number of esters is 3. The van der Waals surface area contributed by atoms with E-state index in [9.17, 15) is 81.8 Å². The minimum absolute atomic E-state index is 0.00514. The Kier molecular flexibility index (Phi) is 50.5. The van der Waals surface area contributed by atoms with Crippen molar-refractivity contribution >= 4 is 94.0 Å². The molecule has 0 heterocycles. The number of nitrogens with one attached hydrogen (secondary N) is 6. The van der Waals surface area contributed by atoms with E-state index in [4.69, 9.17) is 43.6 Å². The maximum atomic E-state index is 14.2. The van der Waals surface area contributed by atoms with Crippen LogP contribution < -0.4 is 32.2 Å². The van der Waals surface area contributed by atoms with Gasteiger partial charge in [0.15, 0.2) is 23.1 Å². The van der Waals surface area contributed by atoms with Crippen molar-refractivity contribution in [1.29, 1.82) is 0 Å². The van der Waals surface area contributed by atoms with Crippen molar-refractivity contribution in [2.24, 2.45) is 35.5 Å². The molecule has 0 aliphatic rings. The molecule has 0 aromatic heterocycles. The number of amides is 6. The third-order valence-corrected chi connectivity index (χ3v) is 16.7. The molecule has 0 spiro atoms. The minimum Gasteiger partial charge on any atom is -0.481 e. The molecular weight excluding hydrogens is 1440 g/mol. The number of ether oxygens (including phenoxy) is 7. The molecule has 0 bridgehead atoms. The van der Waals surface area contributed by atoms with Gasteiger partial charge in [-0.2, -0.15) is 0 Å². The topological polar surface area (TPSA) is 471 Å². The fourth-order valence-corrected chi connectivity index (χ4v) is 11.1. The molecule has 616 valence electrons. The summed E-state index contributed by atoms with van der Waals surface area (Å²) in [5.41, 5.74) is 3.59. The Morgan fingerprint density at radius 1 is 0.400 bits per heavy atom. The van der Waals surface area contributed by atoms with Gasteiger partial charge in [0.05, 0.1) is 75.3 Å². The number of hydrogen-bond acceptors (Lipinski definition) is 25. The summed E-state index contributed by atoms with van der Waals surface area (Å²) in [6.45, 7) is 16.7. The van der Waals surface area contributed by atoms with Gasteiger partial charge in [-0.15, -0.1) is 0 Å². The number of rotatable bonds is 58. The van der Waals surface area contributed by atoms with Gasteiger partial charge in [0.1, 0.15) is 30.4 Å². The highest BCUT2D eigenvalue weighted by Crippen LogP contribution is 2.24. The number of carbonyl (C=O) groups is 16. The van der Waals surface area contributed by atoms with Crippen LogP contribution in [0.2, 0.25) is 0 Å². The van der Waals surface area contributed by atoms with Crippen LogP contribution in [0.25, 0.3) is 0 Å². The Labute approximate surface area is 644 Å². The summed E-state index contributed by atoms with van der Waals surface area (Å²) in [4.78, 5) is 206. The monoisotopic (exact) mass is 1550 g/mol. The van der Waals surface area contributed by atoms with E-state index in [2.05, 4.69) is 21.3 Å². The molecule has 8 atom stereocenters. The van der Waals surface area contributed by atoms with E-state index in [0.717, 1.165) is 11.1 Å². The van der Waals surface area contributed by atoms with Gasteiger partial charge in [0.25, 0.3) is 0 Å². The normalized spacial score (nSPS) is 13.3. The summed E-state index contributed by atoms with van der Waals surface area (Å²) >= 11 is 0. The number of methoxy groups -OCH3 is 2. The number of hydrogen-bond donors (Lipinski definition) is 9. The molecule has 2 rings (SSSR count). The predicted octanol–water partition coefficient (Wildman–Crippen LogP) is 6.20. The first-order valence-electron chi connectivity index (χ1n) is 37.1. The first-order chi connectivity index (χ1) is 52.0. The van der Waals surface area contributed by atoms with E-state index in [-0.39, 0.29) is 140 Å². The molecular formula is C78H118N6O26. The van der Waals surface area contributed by atoms with Gasteiger partial charge in [-0.25, -0.2) is 11.0 Å². The Morgan fingerprint density at radius 3 is 1.12 bits per heavy atom. The standard InChI is InChI=1S/C48H68N2O13.C30H50N4O13/c1-33(2)27-40(50-47(58)38(28-34(3)51)30-45(56)63-48(4,5)6)42(53)29-37(20-22-43(54)61-31-35-15-10-8-11-16-35)46(57)49-39(41(52)19-14-24-60-26-25-59-7)21-23-44(55)62-32-36-17-12-9-13-18-36;1-18(2)14-23(32-30(43)21(15-19(3)35)17-28(40)41)25(37)16-20(7-9-26(38)33-44)29(42)31-22(8-10-27(39)34-45)24(36)6-5-11-47-13-12-46-4/h8-13,15-18,33,37-40H,14,19-32H2,1-7H3,(H,49,57)(H,50,58);18,20-23,44-45H,5-17H2,1-4H3,(H,31,42)(H,32,43)(H,33,38)(H,34,39)(H,40,41)/t37-,38+,39-,40-;20-,21+,22-,23-/m11/s1. The highest BCUT2D eigenvalue weighted by atomic mass is 16.6. The summed E-state index contributed by atoms with van der Waals surface area (Å²) < 4.78 is 37.0. The molecule has 0 radical (unpaired) electrons. The van der Waals surface area contributed by atoms with Gasteiger partial charge in [0, 0.05) is 103 Å². The number of carboxylic acid groups (broad SMARTS) is 1. The van der Waals surface area contributed by atoms with Gasteiger partial charge in [-0.3, -0.25) is 77.5 Å². The molecule has 2 aromatic carbocycles. The molecule has 32 nitrogen and oxygen atoms in total. The van der Waals surface area contributed by atoms with Crippen LogP contribution in [0.1, 0.15) is 202 Å². The van der Waals surface area contributed by atoms with E-state index in [1.54, 1.807) is 78.1 Å². The smallest absolute Gasteiger partial charge is 0.307 e. The van der Waals surface area contributed by atoms with E-state index in [1.165, 1.54) is 31.9 Å². The Bertz CT molecular complexity index is 3220. The van der Waals surface area contributed by atoms with Crippen molar-refractivity contribution in [2.75, 3.05) is 53.9 Å². The Morgan fingerprint density at radius 2 is 0.755 bits per heavy atom. The lowest BCUT2D eigenvalue weighted by molar-refractivity contribution is -0.157. The molecule has 0 aliphatic carbocycles. The van der Waals surface area contributed by atoms with Crippen molar-refractivity contribution in [3.8, 4) is 0 Å². The van der Waals surface area contributed by atoms with Crippen LogP contribution in [0.15, 0.2) is 60.7 Å². The highest BCUT2D eigenvalue weighted by Gasteiger charge is 2.36. The van der Waals surface area contributed by atoms with E-state index < -0.39 is 162 Å². The molecule has 6 amide bonds. The number of benzene rings is 2. The first-order valence-corrected chi connectivity index (χ1v) is 37.1. The summed E-state index contributed by atoms with van der Waals surface area (Å²) in [5.74, 6) is -15.6. The zero-order chi connectivity index (χ0) is 82.7. The van der Waals surface area contributed by atoms with Crippen molar-refractivity contribution < 1.29 is 125 Å². The van der Waals surface area contributed by atoms with Gasteiger partial charge in [0.2, 0.25) is 35.4 Å². The SMILES string of the molecule is COCCOCCCC(=O)[C@@H](CCC(=O)NO)NC(=O)[C@H](CCC(=O)NO)CC(=O)[C@@H](CC(C)C)NC(=O)[C@@H](CC(C)=O)CC(=O)O.COCCOCCCC(=O)[C@@H](CCC(=O)OCc1ccccc1)NC(=O)[C@H](CCC(=O)OCc1ccccc1)CC(=O)[C@@H](CC(C)C)NC(=O)[C@@H](CC(C)=O)CC(=O)OC(C)(C)C. The average molecular weight is 1560 g/mol. The van der Waals surface area contributed by atoms with Crippen molar-refractivity contribution in [2.45, 2.75) is 234 Å². The number of hydroxylamine groups is 2. The number of Topliss-reactive ketones (excluding diaryl/α,β-unsaturated/α-hetero) is 6. The van der Waals surface area contributed by atoms with Crippen molar-refractivity contribution in [3.63, 3.8) is 0 Å². The third kappa shape index (κ3) is 47.1. The summed E-state index contributed by atoms with van der Waals surface area (Å²) in [7, 11) is 3.05. The Hall–Kier alpha value is -9.08. The lowest BCUT2D eigenvalue weighted by Gasteiger charge is -2.26. The van der Waals surface area contributed by atoms with E-state index >= 15 is 0 Å². The molecule has 0 unspecified atom stereocenters. The number of ketones is 6. The van der Waals surface area contributed by atoms with E-state index in [0.29, 0.717) is 39.3 Å². The van der Waals surface area contributed by atoms with Gasteiger partial charge in [-0.1, -0.05) is 88.4 Å². The second-order valence-electron chi connectivity index (χ2n) is 28.7. The fourth-order valence-electron chi connectivity index (χ4n) is 11.1. The molecule has 2 aromatic rings. The maximum absolute atomic E-state index is 14.2. The second kappa shape index (κ2) is 56.2. The fraction of sp³-hybridized carbons (Fsp3) is 0.641. The molecule has 0 saturated carbocycles. The molecule has 0 aliphatic heterocycles. The number of carbonyl (C=O) groups excluding carboxylic acids is 15. The predicted molar refractivity (Wildman–Crippen MR) is 396 cm³/mol. The van der Waals surface area contributed by atoms with Crippen LogP contribution in [-0.4, -0.2) is 193 Å². The van der Waals surface area contributed by atoms with Crippen LogP contribution in [0.5, 0.6) is 0 Å². The largest absolute Gasteiger partial charge is 0.481 e. The molecule has 0 fully saturated rings. The van der Waals surface area contributed by atoms with E-state index in [1.807, 2.05) is 38.1 Å². The minimum atomic E-state index is -1.31. The van der Waals surface area contributed by atoms with Crippen molar-refractivity contribution in [3.05, 3.63) is 71.8 Å². The zero-order valence-electron chi connectivity index (χ0n) is 65.6.